The summed E-state index contributed by atoms with van der Waals surface area (Å²) >= 11 is 6.07. The zero-order chi connectivity index (χ0) is 19.9. The van der Waals surface area contributed by atoms with Crippen LogP contribution in [0.4, 0.5) is 11.4 Å². The molecule has 2 aromatic carbocycles. The minimum absolute atomic E-state index is 0.105. The van der Waals surface area contributed by atoms with Crippen LogP contribution in [0.2, 0.25) is 5.02 Å². The zero-order valence-corrected chi connectivity index (χ0v) is 16.8. The standard InChI is InChI=1S/C22H26ClN3O2/c1-2-3-10-26(11-12-27)15-16-13-18(5-7-22(16)28)25-20-8-9-24-21-14-17(23)4-6-19(20)21/h4-9,13-14,27-28H,2-3,10-12,15H2,1H3,(H,24,25). The van der Waals surface area contributed by atoms with Crippen LogP contribution in [0.15, 0.2) is 48.7 Å². The van der Waals surface area contributed by atoms with Gasteiger partial charge in [-0.1, -0.05) is 24.9 Å². The van der Waals surface area contributed by atoms with Gasteiger partial charge in [-0.25, -0.2) is 0 Å². The number of hydrogen-bond donors (Lipinski definition) is 3. The van der Waals surface area contributed by atoms with E-state index in [0.29, 0.717) is 18.1 Å². The smallest absolute Gasteiger partial charge is 0.120 e. The van der Waals surface area contributed by atoms with Gasteiger partial charge >= 0.3 is 0 Å². The first kappa shape index (κ1) is 20.4. The van der Waals surface area contributed by atoms with E-state index in [1.54, 1.807) is 12.3 Å². The van der Waals surface area contributed by atoms with Gasteiger partial charge in [0.2, 0.25) is 0 Å². The van der Waals surface area contributed by atoms with Gasteiger partial charge in [-0.05, 0) is 55.4 Å². The number of aromatic nitrogens is 1. The Bertz CT molecular complexity index is 933. The van der Waals surface area contributed by atoms with E-state index in [1.165, 1.54) is 0 Å². The van der Waals surface area contributed by atoms with Crippen LogP contribution in [0.5, 0.6) is 5.75 Å². The molecular weight excluding hydrogens is 374 g/mol. The molecule has 0 amide bonds. The Labute approximate surface area is 170 Å². The molecule has 5 nitrogen and oxygen atoms in total. The van der Waals surface area contributed by atoms with E-state index in [2.05, 4.69) is 22.1 Å². The second-order valence-corrected chi connectivity index (χ2v) is 7.28. The van der Waals surface area contributed by atoms with Crippen LogP contribution in [0.1, 0.15) is 25.3 Å². The van der Waals surface area contributed by atoms with E-state index >= 15 is 0 Å². The molecule has 0 radical (unpaired) electrons. The molecule has 1 heterocycles. The van der Waals surface area contributed by atoms with Crippen molar-refractivity contribution in [2.75, 3.05) is 25.0 Å². The number of rotatable bonds is 9. The number of unbranched alkanes of at least 4 members (excludes halogenated alkanes) is 1. The van der Waals surface area contributed by atoms with Crippen LogP contribution in [0.25, 0.3) is 10.9 Å². The molecule has 0 fully saturated rings. The molecule has 28 heavy (non-hydrogen) atoms. The number of hydrogen-bond acceptors (Lipinski definition) is 5. The average molecular weight is 400 g/mol. The van der Waals surface area contributed by atoms with Crippen molar-refractivity contribution in [2.45, 2.75) is 26.3 Å². The van der Waals surface area contributed by atoms with Crippen LogP contribution >= 0.6 is 11.6 Å². The molecule has 3 aromatic rings. The maximum Gasteiger partial charge on any atom is 0.120 e. The monoisotopic (exact) mass is 399 g/mol. The highest BCUT2D eigenvalue weighted by Crippen LogP contribution is 2.29. The van der Waals surface area contributed by atoms with E-state index < -0.39 is 0 Å². The fraction of sp³-hybridized carbons (Fsp3) is 0.318. The minimum atomic E-state index is 0.105. The fourth-order valence-electron chi connectivity index (χ4n) is 3.21. The summed E-state index contributed by atoms with van der Waals surface area (Å²) in [5.74, 6) is 0.261. The largest absolute Gasteiger partial charge is 0.508 e. The average Bonchev–Trinajstić information content (AvgIpc) is 2.68. The Balaban J connectivity index is 1.83. The van der Waals surface area contributed by atoms with Crippen LogP contribution in [-0.2, 0) is 6.54 Å². The van der Waals surface area contributed by atoms with Crippen LogP contribution < -0.4 is 5.32 Å². The molecule has 0 aliphatic carbocycles. The van der Waals surface area contributed by atoms with Gasteiger partial charge in [-0.3, -0.25) is 9.88 Å². The van der Waals surface area contributed by atoms with Gasteiger partial charge < -0.3 is 15.5 Å². The lowest BCUT2D eigenvalue weighted by atomic mass is 10.1. The van der Waals surface area contributed by atoms with Crippen molar-refractivity contribution in [1.82, 2.24) is 9.88 Å². The summed E-state index contributed by atoms with van der Waals surface area (Å²) in [7, 11) is 0. The molecule has 0 saturated carbocycles. The topological polar surface area (TPSA) is 68.6 Å². The summed E-state index contributed by atoms with van der Waals surface area (Å²) < 4.78 is 0. The van der Waals surface area contributed by atoms with Gasteiger partial charge in [0.15, 0.2) is 0 Å². The number of aromatic hydroxyl groups is 1. The lowest BCUT2D eigenvalue weighted by molar-refractivity contribution is 0.187. The van der Waals surface area contributed by atoms with Crippen molar-refractivity contribution in [2.24, 2.45) is 0 Å². The summed E-state index contributed by atoms with van der Waals surface area (Å²) in [4.78, 5) is 6.53. The lowest BCUT2D eigenvalue weighted by Crippen LogP contribution is -2.27. The van der Waals surface area contributed by atoms with Gasteiger partial charge in [0.05, 0.1) is 12.1 Å². The van der Waals surface area contributed by atoms with Crippen molar-refractivity contribution < 1.29 is 10.2 Å². The number of benzene rings is 2. The van der Waals surface area contributed by atoms with E-state index in [1.807, 2.05) is 36.4 Å². The van der Waals surface area contributed by atoms with Crippen molar-refractivity contribution >= 4 is 33.9 Å². The van der Waals surface area contributed by atoms with E-state index in [4.69, 9.17) is 11.6 Å². The number of phenolic OH excluding ortho intramolecular Hbond substituents is 1. The number of halogens is 1. The Morgan fingerprint density at radius 1 is 1.11 bits per heavy atom. The van der Waals surface area contributed by atoms with Crippen LogP contribution in [-0.4, -0.2) is 39.8 Å². The highest BCUT2D eigenvalue weighted by Gasteiger charge is 2.10. The molecule has 0 atom stereocenters. The lowest BCUT2D eigenvalue weighted by Gasteiger charge is -2.22. The van der Waals surface area contributed by atoms with E-state index in [0.717, 1.165) is 47.2 Å². The van der Waals surface area contributed by atoms with Crippen molar-refractivity contribution in [3.05, 3.63) is 59.2 Å². The second kappa shape index (κ2) is 9.73. The number of aliphatic hydroxyl groups excluding tert-OH is 1. The van der Waals surface area contributed by atoms with E-state index in [-0.39, 0.29) is 12.4 Å². The molecule has 3 rings (SSSR count). The van der Waals surface area contributed by atoms with Gasteiger partial charge in [0, 0.05) is 46.6 Å². The first-order chi connectivity index (χ1) is 13.6. The fourth-order valence-corrected chi connectivity index (χ4v) is 3.38. The molecular formula is C22H26ClN3O2. The Kier molecular flexibility index (Phi) is 7.09. The van der Waals surface area contributed by atoms with Crippen molar-refractivity contribution in [3.63, 3.8) is 0 Å². The number of anilines is 2. The predicted octanol–water partition coefficient (Wildman–Crippen LogP) is 4.93. The molecule has 0 spiro atoms. The third-order valence-electron chi connectivity index (χ3n) is 4.70. The maximum absolute atomic E-state index is 10.3. The van der Waals surface area contributed by atoms with Crippen LogP contribution in [0, 0.1) is 0 Å². The molecule has 0 bridgehead atoms. The summed E-state index contributed by atoms with van der Waals surface area (Å²) in [6.45, 7) is 4.32. The SMILES string of the molecule is CCCCN(CCO)Cc1cc(Nc2ccnc3cc(Cl)ccc23)ccc1O. The summed E-state index contributed by atoms with van der Waals surface area (Å²) in [5, 5.41) is 24.7. The number of nitrogens with one attached hydrogen (secondary N) is 1. The number of pyridine rings is 1. The molecule has 0 saturated heterocycles. The first-order valence-corrected chi connectivity index (χ1v) is 9.95. The van der Waals surface area contributed by atoms with Gasteiger partial charge in [-0.15, -0.1) is 0 Å². The van der Waals surface area contributed by atoms with Crippen LogP contribution in [0.3, 0.4) is 0 Å². The Hall–Kier alpha value is -2.34. The van der Waals surface area contributed by atoms with Gasteiger partial charge in [0.1, 0.15) is 5.75 Å². The quantitative estimate of drug-likeness (QED) is 0.445. The molecule has 148 valence electrons. The Morgan fingerprint density at radius 3 is 2.75 bits per heavy atom. The number of aliphatic hydroxyl groups is 1. The minimum Gasteiger partial charge on any atom is -0.508 e. The third-order valence-corrected chi connectivity index (χ3v) is 4.94. The maximum atomic E-state index is 10.3. The number of fused-ring (bicyclic) bond motifs is 1. The molecule has 1 aromatic heterocycles. The molecule has 0 aliphatic rings. The molecule has 0 aliphatic heterocycles. The number of nitrogens with zero attached hydrogens (tertiary/aromatic N) is 2. The molecule has 6 heteroatoms. The van der Waals surface area contributed by atoms with Crippen molar-refractivity contribution in [1.29, 1.82) is 0 Å². The highest BCUT2D eigenvalue weighted by atomic mass is 35.5. The Morgan fingerprint density at radius 2 is 1.96 bits per heavy atom. The molecule has 3 N–H and O–H groups in total. The normalized spacial score (nSPS) is 11.3. The van der Waals surface area contributed by atoms with Gasteiger partial charge in [-0.2, -0.15) is 0 Å². The highest BCUT2D eigenvalue weighted by molar-refractivity contribution is 6.31. The first-order valence-electron chi connectivity index (χ1n) is 9.57. The number of phenols is 1. The zero-order valence-electron chi connectivity index (χ0n) is 16.0. The van der Waals surface area contributed by atoms with Crippen molar-refractivity contribution in [3.8, 4) is 5.75 Å². The summed E-state index contributed by atoms with van der Waals surface area (Å²) in [6, 6.07) is 13.1. The third kappa shape index (κ3) is 5.13. The summed E-state index contributed by atoms with van der Waals surface area (Å²) in [6.07, 6.45) is 3.90. The van der Waals surface area contributed by atoms with E-state index in [9.17, 15) is 10.2 Å². The summed E-state index contributed by atoms with van der Waals surface area (Å²) in [5.41, 5.74) is 3.47. The van der Waals surface area contributed by atoms with Gasteiger partial charge in [0.25, 0.3) is 0 Å². The molecule has 0 unspecified atom stereocenters. The second-order valence-electron chi connectivity index (χ2n) is 6.84. The predicted molar refractivity (Wildman–Crippen MR) is 115 cm³/mol.